The lowest BCUT2D eigenvalue weighted by Gasteiger charge is -2.09. The van der Waals surface area contributed by atoms with Crippen LogP contribution >= 0.6 is 0 Å². The molecule has 0 spiro atoms. The number of hydrogen-bond acceptors (Lipinski definition) is 6. The van der Waals surface area contributed by atoms with E-state index in [0.717, 1.165) is 18.2 Å². The molecule has 1 rings (SSSR count). The number of nitrogens with two attached hydrogens (primary N) is 1. The maximum atomic E-state index is 12.0. The lowest BCUT2D eigenvalue weighted by molar-refractivity contribution is -0.384. The molecule has 0 aliphatic rings. The predicted molar refractivity (Wildman–Crippen MR) is 75.4 cm³/mol. The van der Waals surface area contributed by atoms with Gasteiger partial charge in [-0.15, -0.1) is 0 Å². The number of nitrogens with zero attached hydrogens (tertiary/aromatic N) is 1. The van der Waals surface area contributed by atoms with Crippen molar-refractivity contribution in [3.63, 3.8) is 0 Å². The van der Waals surface area contributed by atoms with E-state index in [1.165, 1.54) is 7.05 Å². The fourth-order valence-corrected chi connectivity index (χ4v) is 2.55. The number of primary amides is 1. The minimum atomic E-state index is -3.84. The predicted octanol–water partition coefficient (Wildman–Crippen LogP) is -0.417. The number of carbonyl (C=O) groups is 1. The number of amides is 2. The first-order valence-electron chi connectivity index (χ1n) is 5.77. The van der Waals surface area contributed by atoms with Crippen LogP contribution in [0.2, 0.25) is 0 Å². The van der Waals surface area contributed by atoms with Crippen LogP contribution in [-0.2, 0) is 10.0 Å². The van der Waals surface area contributed by atoms with Gasteiger partial charge in [-0.3, -0.25) is 10.1 Å². The van der Waals surface area contributed by atoms with Crippen molar-refractivity contribution >= 4 is 27.4 Å². The second kappa shape index (κ2) is 6.85. The minimum Gasteiger partial charge on any atom is -0.383 e. The Morgan fingerprint density at radius 2 is 2.05 bits per heavy atom. The van der Waals surface area contributed by atoms with Crippen molar-refractivity contribution in [2.45, 2.75) is 4.90 Å². The Labute approximate surface area is 120 Å². The Bertz CT molecular complexity index is 645. The SMILES string of the molecule is CNc1cc(S(=O)(=O)NCCNC(N)=O)ccc1[N+](=O)[O-]. The number of benzene rings is 1. The zero-order valence-electron chi connectivity index (χ0n) is 11.1. The standard InChI is InChI=1S/C10H15N5O5S/c1-12-8-6-7(2-3-9(8)15(17)18)21(19,20)14-5-4-13-10(11)16/h2-3,6,12,14H,4-5H2,1H3,(H3,11,13,16). The van der Waals surface area contributed by atoms with Gasteiger partial charge in [0.15, 0.2) is 0 Å². The Hall–Kier alpha value is -2.40. The van der Waals surface area contributed by atoms with Crippen LogP contribution < -0.4 is 21.1 Å². The van der Waals surface area contributed by atoms with Gasteiger partial charge in [0, 0.05) is 26.2 Å². The van der Waals surface area contributed by atoms with Gasteiger partial charge in [0.25, 0.3) is 5.69 Å². The second-order valence-electron chi connectivity index (χ2n) is 3.87. The van der Waals surface area contributed by atoms with E-state index in [1.54, 1.807) is 0 Å². The van der Waals surface area contributed by atoms with Crippen molar-refractivity contribution in [1.29, 1.82) is 0 Å². The van der Waals surface area contributed by atoms with Gasteiger partial charge < -0.3 is 16.4 Å². The average Bonchev–Trinajstić information content (AvgIpc) is 2.42. The summed E-state index contributed by atoms with van der Waals surface area (Å²) in [6.07, 6.45) is 0. The molecule has 1 aromatic carbocycles. The summed E-state index contributed by atoms with van der Waals surface area (Å²) in [5.74, 6) is 0. The van der Waals surface area contributed by atoms with Crippen molar-refractivity contribution in [3.8, 4) is 0 Å². The van der Waals surface area contributed by atoms with E-state index in [2.05, 4.69) is 15.4 Å². The molecule has 0 fully saturated rings. The number of nitrogens with one attached hydrogen (secondary N) is 3. The third kappa shape index (κ3) is 4.57. The first kappa shape index (κ1) is 16.7. The normalized spacial score (nSPS) is 10.9. The Morgan fingerprint density at radius 1 is 1.38 bits per heavy atom. The zero-order chi connectivity index (χ0) is 16.0. The highest BCUT2D eigenvalue weighted by Gasteiger charge is 2.19. The lowest BCUT2D eigenvalue weighted by Crippen LogP contribution is -2.37. The van der Waals surface area contributed by atoms with Crippen molar-refractivity contribution < 1.29 is 18.1 Å². The van der Waals surface area contributed by atoms with Gasteiger partial charge >= 0.3 is 6.03 Å². The smallest absolute Gasteiger partial charge is 0.312 e. The van der Waals surface area contributed by atoms with Crippen LogP contribution in [0.1, 0.15) is 0 Å². The van der Waals surface area contributed by atoms with Crippen molar-refractivity contribution in [2.75, 3.05) is 25.5 Å². The van der Waals surface area contributed by atoms with Crippen molar-refractivity contribution in [1.82, 2.24) is 10.0 Å². The highest BCUT2D eigenvalue weighted by molar-refractivity contribution is 7.89. The van der Waals surface area contributed by atoms with E-state index in [1.807, 2.05) is 0 Å². The summed E-state index contributed by atoms with van der Waals surface area (Å²) in [4.78, 5) is 20.5. The van der Waals surface area contributed by atoms with Gasteiger partial charge in [-0.25, -0.2) is 17.9 Å². The van der Waals surface area contributed by atoms with Gasteiger partial charge in [0.05, 0.1) is 9.82 Å². The highest BCUT2D eigenvalue weighted by Crippen LogP contribution is 2.26. The molecular weight excluding hydrogens is 302 g/mol. The summed E-state index contributed by atoms with van der Waals surface area (Å²) in [7, 11) is -2.39. The number of sulfonamides is 1. The molecule has 0 saturated carbocycles. The van der Waals surface area contributed by atoms with Crippen molar-refractivity contribution in [2.24, 2.45) is 5.73 Å². The number of nitro groups is 1. The summed E-state index contributed by atoms with van der Waals surface area (Å²) >= 11 is 0. The molecule has 11 heteroatoms. The molecule has 0 unspecified atom stereocenters. The van der Waals surface area contributed by atoms with E-state index < -0.39 is 21.0 Å². The number of urea groups is 1. The van der Waals surface area contributed by atoms with Crippen molar-refractivity contribution in [3.05, 3.63) is 28.3 Å². The molecule has 1 aromatic rings. The molecule has 0 aliphatic carbocycles. The van der Waals surface area contributed by atoms with Gasteiger partial charge in [-0.2, -0.15) is 0 Å². The first-order chi connectivity index (χ1) is 9.77. The van der Waals surface area contributed by atoms with E-state index in [4.69, 9.17) is 5.73 Å². The molecule has 0 bridgehead atoms. The van der Waals surface area contributed by atoms with E-state index in [9.17, 15) is 23.3 Å². The van der Waals surface area contributed by atoms with Gasteiger partial charge in [0.1, 0.15) is 5.69 Å². The molecule has 5 N–H and O–H groups in total. The Morgan fingerprint density at radius 3 is 2.57 bits per heavy atom. The summed E-state index contributed by atoms with van der Waals surface area (Å²) < 4.78 is 26.2. The molecule has 21 heavy (non-hydrogen) atoms. The van der Waals surface area contributed by atoms with Crippen LogP contribution in [0.3, 0.4) is 0 Å². The molecule has 0 radical (unpaired) electrons. The van der Waals surface area contributed by atoms with Gasteiger partial charge in [0.2, 0.25) is 10.0 Å². The van der Waals surface area contributed by atoms with Crippen LogP contribution in [0.5, 0.6) is 0 Å². The summed E-state index contributed by atoms with van der Waals surface area (Å²) in [5, 5.41) is 15.6. The summed E-state index contributed by atoms with van der Waals surface area (Å²) in [6, 6.07) is 2.62. The highest BCUT2D eigenvalue weighted by atomic mass is 32.2. The maximum absolute atomic E-state index is 12.0. The molecular formula is C10H15N5O5S. The number of carbonyl (C=O) groups excluding carboxylic acids is 1. The van der Waals surface area contributed by atoms with Crippen LogP contribution in [0.15, 0.2) is 23.1 Å². The quantitative estimate of drug-likeness (QED) is 0.304. The third-order valence-corrected chi connectivity index (χ3v) is 3.92. The molecule has 10 nitrogen and oxygen atoms in total. The topological polar surface area (TPSA) is 156 Å². The Kier molecular flexibility index (Phi) is 5.44. The van der Waals surface area contributed by atoms with Crippen LogP contribution in [0.4, 0.5) is 16.2 Å². The van der Waals surface area contributed by atoms with E-state index in [-0.39, 0.29) is 29.4 Å². The van der Waals surface area contributed by atoms with Crippen LogP contribution in [0.25, 0.3) is 0 Å². The largest absolute Gasteiger partial charge is 0.383 e. The second-order valence-corrected chi connectivity index (χ2v) is 5.64. The zero-order valence-corrected chi connectivity index (χ0v) is 11.9. The molecule has 2 amide bonds. The summed E-state index contributed by atoms with van der Waals surface area (Å²) in [6.45, 7) is -0.0302. The van der Waals surface area contributed by atoms with Gasteiger partial charge in [-0.05, 0) is 12.1 Å². The third-order valence-electron chi connectivity index (χ3n) is 2.46. The fraction of sp³-hybridized carbons (Fsp3) is 0.300. The monoisotopic (exact) mass is 317 g/mol. The van der Waals surface area contributed by atoms with E-state index in [0.29, 0.717) is 0 Å². The first-order valence-corrected chi connectivity index (χ1v) is 7.25. The number of anilines is 1. The molecule has 0 atom stereocenters. The number of nitro benzene ring substituents is 1. The number of rotatable bonds is 7. The molecule has 0 saturated heterocycles. The molecule has 0 heterocycles. The fourth-order valence-electron chi connectivity index (χ4n) is 1.50. The molecule has 116 valence electrons. The number of hydrogen-bond donors (Lipinski definition) is 4. The Balaban J connectivity index is 2.88. The van der Waals surface area contributed by atoms with Crippen LogP contribution in [-0.4, -0.2) is 39.5 Å². The molecule has 0 aliphatic heterocycles. The van der Waals surface area contributed by atoms with Gasteiger partial charge in [-0.1, -0.05) is 0 Å². The van der Waals surface area contributed by atoms with E-state index >= 15 is 0 Å². The molecule has 0 aromatic heterocycles. The lowest BCUT2D eigenvalue weighted by atomic mass is 10.3. The minimum absolute atomic E-state index is 0.0282. The average molecular weight is 317 g/mol. The summed E-state index contributed by atoms with van der Waals surface area (Å²) in [5.41, 5.74) is 4.69. The maximum Gasteiger partial charge on any atom is 0.312 e. The van der Waals surface area contributed by atoms with Crippen LogP contribution in [0, 0.1) is 10.1 Å².